The van der Waals surface area contributed by atoms with Crippen molar-refractivity contribution in [3.8, 4) is 0 Å². The van der Waals surface area contributed by atoms with Crippen molar-refractivity contribution in [2.24, 2.45) is 33.1 Å². The fourth-order valence-corrected chi connectivity index (χ4v) is 1.29. The fraction of sp³-hybridized carbons (Fsp3) is 0.800. The Bertz CT molecular complexity index is 228. The summed E-state index contributed by atoms with van der Waals surface area (Å²) >= 11 is 0. The highest BCUT2D eigenvalue weighted by Gasteiger charge is 2.11. The van der Waals surface area contributed by atoms with E-state index >= 15 is 0 Å². The number of hydrogen-bond donors (Lipinski definition) is 3. The van der Waals surface area contributed by atoms with E-state index in [0.717, 1.165) is 19.3 Å². The van der Waals surface area contributed by atoms with Gasteiger partial charge in [-0.25, -0.2) is 4.99 Å². The number of nitrogens with zero attached hydrogens (tertiary/aromatic N) is 2. The predicted molar refractivity (Wildman–Crippen MR) is 65.6 cm³/mol. The van der Waals surface area contributed by atoms with Gasteiger partial charge in [0.25, 0.3) is 0 Å². The molecule has 0 heterocycles. The van der Waals surface area contributed by atoms with E-state index in [9.17, 15) is 0 Å². The van der Waals surface area contributed by atoms with Crippen molar-refractivity contribution < 1.29 is 0 Å². The van der Waals surface area contributed by atoms with Crippen LogP contribution in [0.15, 0.2) is 9.98 Å². The molecular weight excluding hydrogens is 190 g/mol. The van der Waals surface area contributed by atoms with Gasteiger partial charge in [-0.05, 0) is 12.3 Å². The summed E-state index contributed by atoms with van der Waals surface area (Å²) in [6, 6.07) is 0.202. The maximum Gasteiger partial charge on any atom is 0.218 e. The van der Waals surface area contributed by atoms with Crippen molar-refractivity contribution in [3.63, 3.8) is 0 Å². The summed E-state index contributed by atoms with van der Waals surface area (Å²) in [4.78, 5) is 8.01. The van der Waals surface area contributed by atoms with E-state index in [1.165, 1.54) is 0 Å². The third-order valence-electron chi connectivity index (χ3n) is 2.16. The van der Waals surface area contributed by atoms with Crippen molar-refractivity contribution >= 4 is 11.9 Å². The van der Waals surface area contributed by atoms with Crippen LogP contribution in [0.1, 0.15) is 40.0 Å². The van der Waals surface area contributed by atoms with E-state index in [2.05, 4.69) is 30.8 Å². The molecule has 0 aromatic rings. The molecule has 0 fully saturated rings. The van der Waals surface area contributed by atoms with Gasteiger partial charge in [-0.1, -0.05) is 33.6 Å². The highest BCUT2D eigenvalue weighted by atomic mass is 15.1. The summed E-state index contributed by atoms with van der Waals surface area (Å²) < 4.78 is 0. The molecule has 0 rings (SSSR count). The van der Waals surface area contributed by atoms with Gasteiger partial charge in [0.15, 0.2) is 5.96 Å². The molecule has 0 radical (unpaired) electrons. The van der Waals surface area contributed by atoms with Crippen molar-refractivity contribution in [2.45, 2.75) is 46.1 Å². The molecule has 1 unspecified atom stereocenters. The molecule has 0 aliphatic carbocycles. The second-order valence-electron chi connectivity index (χ2n) is 3.98. The second-order valence-corrected chi connectivity index (χ2v) is 3.98. The zero-order valence-electron chi connectivity index (χ0n) is 9.90. The standard InChI is InChI=1S/C10H23N5/c1-4-5-6-8(7(2)3)14-10(13)15-9(11)12/h7-8H,4-6H2,1-3H3,(H6,11,12,13,14,15). The molecule has 5 nitrogen and oxygen atoms in total. The Kier molecular flexibility index (Phi) is 6.49. The monoisotopic (exact) mass is 213 g/mol. The van der Waals surface area contributed by atoms with Crippen LogP contribution < -0.4 is 17.2 Å². The normalized spacial score (nSPS) is 14.0. The van der Waals surface area contributed by atoms with Crippen molar-refractivity contribution in [2.75, 3.05) is 0 Å². The first kappa shape index (κ1) is 13.7. The van der Waals surface area contributed by atoms with E-state index in [1.54, 1.807) is 0 Å². The Labute approximate surface area is 91.8 Å². The minimum absolute atomic E-state index is 0.0470. The fourth-order valence-electron chi connectivity index (χ4n) is 1.29. The Morgan fingerprint density at radius 2 is 1.80 bits per heavy atom. The molecule has 6 N–H and O–H groups in total. The van der Waals surface area contributed by atoms with Crippen LogP contribution in [0.5, 0.6) is 0 Å². The molecule has 0 spiro atoms. The molecule has 88 valence electrons. The lowest BCUT2D eigenvalue weighted by atomic mass is 9.99. The van der Waals surface area contributed by atoms with Crippen molar-refractivity contribution in [3.05, 3.63) is 0 Å². The Balaban J connectivity index is 4.44. The molecule has 0 aliphatic rings. The Morgan fingerprint density at radius 1 is 1.20 bits per heavy atom. The molecule has 1 atom stereocenters. The van der Waals surface area contributed by atoms with Crippen LogP contribution in [0.25, 0.3) is 0 Å². The highest BCUT2D eigenvalue weighted by Crippen LogP contribution is 2.13. The number of guanidine groups is 2. The van der Waals surface area contributed by atoms with E-state index in [4.69, 9.17) is 17.2 Å². The zero-order valence-corrected chi connectivity index (χ0v) is 9.90. The minimum atomic E-state index is -0.0470. The Morgan fingerprint density at radius 3 is 2.20 bits per heavy atom. The van der Waals surface area contributed by atoms with Crippen LogP contribution in [0, 0.1) is 5.92 Å². The van der Waals surface area contributed by atoms with E-state index < -0.39 is 0 Å². The number of rotatable bonds is 5. The lowest BCUT2D eigenvalue weighted by Crippen LogP contribution is -2.27. The number of unbranched alkanes of at least 4 members (excludes halogenated alkanes) is 1. The van der Waals surface area contributed by atoms with Gasteiger partial charge in [-0.3, -0.25) is 0 Å². The van der Waals surface area contributed by atoms with Gasteiger partial charge in [0.05, 0.1) is 6.04 Å². The average Bonchev–Trinajstić information content (AvgIpc) is 2.10. The maximum absolute atomic E-state index is 5.59. The van der Waals surface area contributed by atoms with E-state index in [-0.39, 0.29) is 18.0 Å². The first-order valence-electron chi connectivity index (χ1n) is 5.40. The lowest BCUT2D eigenvalue weighted by Gasteiger charge is -2.15. The molecule has 5 heteroatoms. The van der Waals surface area contributed by atoms with Crippen LogP contribution in [0.2, 0.25) is 0 Å². The Hall–Kier alpha value is -1.26. The van der Waals surface area contributed by atoms with Crippen molar-refractivity contribution in [1.29, 1.82) is 0 Å². The third kappa shape index (κ3) is 6.76. The summed E-state index contributed by atoms with van der Waals surface area (Å²) in [7, 11) is 0. The van der Waals surface area contributed by atoms with Gasteiger partial charge in [-0.2, -0.15) is 4.99 Å². The van der Waals surface area contributed by atoms with Gasteiger partial charge in [0.2, 0.25) is 5.96 Å². The number of nitrogens with two attached hydrogens (primary N) is 3. The molecule has 15 heavy (non-hydrogen) atoms. The molecule has 0 saturated heterocycles. The largest absolute Gasteiger partial charge is 0.370 e. The maximum atomic E-state index is 5.59. The molecule has 0 aliphatic heterocycles. The van der Waals surface area contributed by atoms with Gasteiger partial charge >= 0.3 is 0 Å². The molecular formula is C10H23N5. The summed E-state index contributed by atoms with van der Waals surface area (Å²) in [6.45, 7) is 6.39. The third-order valence-corrected chi connectivity index (χ3v) is 2.16. The second kappa shape index (κ2) is 7.09. The van der Waals surface area contributed by atoms with Crippen LogP contribution in [-0.2, 0) is 0 Å². The van der Waals surface area contributed by atoms with Crippen LogP contribution in [0.4, 0.5) is 0 Å². The average molecular weight is 213 g/mol. The summed E-state index contributed by atoms with van der Waals surface area (Å²) in [5, 5.41) is 0. The smallest absolute Gasteiger partial charge is 0.218 e. The van der Waals surface area contributed by atoms with Crippen LogP contribution >= 0.6 is 0 Å². The highest BCUT2D eigenvalue weighted by molar-refractivity contribution is 5.92. The first-order valence-corrected chi connectivity index (χ1v) is 5.40. The molecule has 0 aromatic heterocycles. The summed E-state index contributed by atoms with van der Waals surface area (Å²) in [6.07, 6.45) is 3.32. The predicted octanol–water partition coefficient (Wildman–Crippen LogP) is 0.789. The van der Waals surface area contributed by atoms with Gasteiger partial charge in [0.1, 0.15) is 0 Å². The SMILES string of the molecule is CCCCC(N=C(N)N=C(N)N)C(C)C. The summed E-state index contributed by atoms with van der Waals surface area (Å²) in [5.41, 5.74) is 16.0. The van der Waals surface area contributed by atoms with Gasteiger partial charge in [0, 0.05) is 0 Å². The molecule has 0 aromatic carbocycles. The zero-order chi connectivity index (χ0) is 11.8. The lowest BCUT2D eigenvalue weighted by molar-refractivity contribution is 0.451. The molecule has 0 amide bonds. The van der Waals surface area contributed by atoms with E-state index in [1.807, 2.05) is 0 Å². The minimum Gasteiger partial charge on any atom is -0.370 e. The van der Waals surface area contributed by atoms with E-state index in [0.29, 0.717) is 5.92 Å². The number of aliphatic imine (C=N–C) groups is 2. The molecule has 0 bridgehead atoms. The van der Waals surface area contributed by atoms with Crippen molar-refractivity contribution in [1.82, 2.24) is 0 Å². The quantitative estimate of drug-likeness (QED) is 0.464. The summed E-state index contributed by atoms with van der Waals surface area (Å²) in [5.74, 6) is 0.573. The van der Waals surface area contributed by atoms with Gasteiger partial charge in [-0.15, -0.1) is 0 Å². The number of hydrogen-bond acceptors (Lipinski definition) is 1. The topological polar surface area (TPSA) is 103 Å². The first-order chi connectivity index (χ1) is 6.97. The molecule has 0 saturated carbocycles. The van der Waals surface area contributed by atoms with Crippen LogP contribution in [0.3, 0.4) is 0 Å². The van der Waals surface area contributed by atoms with Gasteiger partial charge < -0.3 is 17.2 Å². The van der Waals surface area contributed by atoms with Crippen LogP contribution in [-0.4, -0.2) is 18.0 Å².